The minimum Gasteiger partial charge on any atom is -0.494 e. The summed E-state index contributed by atoms with van der Waals surface area (Å²) in [5, 5.41) is 12.4. The van der Waals surface area contributed by atoms with E-state index in [0.29, 0.717) is 35.4 Å². The average Bonchev–Trinajstić information content (AvgIpc) is 3.77. The molecule has 2 aromatic carbocycles. The molecule has 0 bridgehead atoms. The average molecular weight is 635 g/mol. The van der Waals surface area contributed by atoms with Crippen molar-refractivity contribution in [3.8, 4) is 16.9 Å². The third kappa shape index (κ3) is 7.00. The highest BCUT2D eigenvalue weighted by Gasteiger charge is 2.29. The fourth-order valence-electron chi connectivity index (χ4n) is 5.46. The van der Waals surface area contributed by atoms with Gasteiger partial charge in [0.15, 0.2) is 11.5 Å². The lowest BCUT2D eigenvalue weighted by molar-refractivity contribution is -0.111. The van der Waals surface area contributed by atoms with Crippen molar-refractivity contribution in [3.05, 3.63) is 91.7 Å². The van der Waals surface area contributed by atoms with Gasteiger partial charge in [-0.25, -0.2) is 24.5 Å². The topological polar surface area (TPSA) is 125 Å². The number of likely N-dealkylation sites (N-methyl/N-ethyl adjacent to an activating group) is 2. The summed E-state index contributed by atoms with van der Waals surface area (Å²) in [7, 11) is 7.62. The highest BCUT2D eigenvalue weighted by molar-refractivity contribution is 6.02. The van der Waals surface area contributed by atoms with Crippen LogP contribution in [0.3, 0.4) is 0 Å². The second-order valence-electron chi connectivity index (χ2n) is 11.4. The van der Waals surface area contributed by atoms with Crippen molar-refractivity contribution in [1.82, 2.24) is 29.5 Å². The van der Waals surface area contributed by atoms with Crippen LogP contribution in [0, 0.1) is 0 Å². The van der Waals surface area contributed by atoms with Crippen molar-refractivity contribution in [2.45, 2.75) is 12.5 Å². The molecule has 6 rings (SSSR count). The summed E-state index contributed by atoms with van der Waals surface area (Å²) >= 11 is 0. The van der Waals surface area contributed by atoms with Crippen molar-refractivity contribution < 1.29 is 14.4 Å². The SMILES string of the molecule is C=CC(=O)Nc1cc(Nc2cc(N3OCCC3c3cccc(-c4cnc5ccnn5c4)c3)ncn2)c(OC)cc1N(C)CCN(C)C. The maximum atomic E-state index is 12.4. The first-order valence-electron chi connectivity index (χ1n) is 15.2. The Morgan fingerprint density at radius 1 is 1.09 bits per heavy atom. The highest BCUT2D eigenvalue weighted by Crippen LogP contribution is 2.39. The Bertz CT molecular complexity index is 1890. The number of hydroxylamine groups is 1. The van der Waals surface area contributed by atoms with Crippen molar-refractivity contribution in [3.63, 3.8) is 0 Å². The van der Waals surface area contributed by atoms with Gasteiger partial charge >= 0.3 is 0 Å². The number of aromatic nitrogens is 5. The van der Waals surface area contributed by atoms with Gasteiger partial charge in [-0.15, -0.1) is 0 Å². The number of nitrogens with zero attached hydrogens (tertiary/aromatic N) is 8. The van der Waals surface area contributed by atoms with Crippen LogP contribution < -0.4 is 25.3 Å². The Hall–Kier alpha value is -5.53. The van der Waals surface area contributed by atoms with Gasteiger partial charge < -0.3 is 25.2 Å². The molecule has 1 atom stereocenters. The number of ether oxygens (including phenoxy) is 1. The number of nitrogens with one attached hydrogen (secondary N) is 2. The number of methoxy groups -OCH3 is 1. The zero-order valence-corrected chi connectivity index (χ0v) is 26.9. The zero-order valence-electron chi connectivity index (χ0n) is 26.9. The van der Waals surface area contributed by atoms with Crippen molar-refractivity contribution >= 4 is 40.3 Å². The van der Waals surface area contributed by atoms with E-state index in [9.17, 15) is 4.79 Å². The van der Waals surface area contributed by atoms with Crippen molar-refractivity contribution in [2.24, 2.45) is 0 Å². The number of amides is 1. The molecule has 2 N–H and O–H groups in total. The third-order valence-electron chi connectivity index (χ3n) is 7.95. The Balaban J connectivity index is 1.26. The molecule has 1 aliphatic heterocycles. The van der Waals surface area contributed by atoms with Gasteiger partial charge in [0, 0.05) is 62.7 Å². The molecule has 1 unspecified atom stereocenters. The Labute approximate surface area is 273 Å². The van der Waals surface area contributed by atoms with Crippen LogP contribution in [0.5, 0.6) is 5.75 Å². The van der Waals surface area contributed by atoms with Crippen LogP contribution in [0.25, 0.3) is 16.8 Å². The predicted molar refractivity (Wildman–Crippen MR) is 183 cm³/mol. The molecule has 1 saturated heterocycles. The molecule has 0 spiro atoms. The minimum absolute atomic E-state index is 0.0636. The van der Waals surface area contributed by atoms with E-state index in [-0.39, 0.29) is 11.9 Å². The maximum absolute atomic E-state index is 12.4. The highest BCUT2D eigenvalue weighted by atomic mass is 16.7. The lowest BCUT2D eigenvalue weighted by atomic mass is 9.99. The first kappa shape index (κ1) is 31.5. The molecule has 3 aromatic heterocycles. The van der Waals surface area contributed by atoms with E-state index in [1.165, 1.54) is 12.4 Å². The predicted octanol–water partition coefficient (Wildman–Crippen LogP) is 4.94. The molecular weight excluding hydrogens is 596 g/mol. The van der Waals surface area contributed by atoms with Crippen LogP contribution in [0.15, 0.2) is 86.1 Å². The molecule has 47 heavy (non-hydrogen) atoms. The van der Waals surface area contributed by atoms with Gasteiger partial charge in [0.25, 0.3) is 0 Å². The normalized spacial score (nSPS) is 14.4. The summed E-state index contributed by atoms with van der Waals surface area (Å²) in [5.41, 5.74) is 5.93. The molecule has 1 aliphatic rings. The number of carbonyl (C=O) groups excluding carboxylic acids is 1. The standard InChI is InChI=1S/C34H38N10O3/c1-6-34(45)40-26-17-27(30(46-5)18-29(26)42(4)14-13-41(2)3)39-31-19-33(37-22-36-31)44-28(11-15-47-44)24-9-7-8-23(16-24)25-20-35-32-10-12-38-43(32)21-25/h6-10,12,16-22,28H,1,11,13-15H2,2-5H3,(H,40,45)(H,36,37,39). The number of anilines is 5. The number of carbonyl (C=O) groups is 1. The number of benzene rings is 2. The molecule has 4 heterocycles. The largest absolute Gasteiger partial charge is 0.494 e. The van der Waals surface area contributed by atoms with Gasteiger partial charge in [-0.05, 0) is 43.4 Å². The lowest BCUT2D eigenvalue weighted by Gasteiger charge is -2.26. The van der Waals surface area contributed by atoms with Crippen LogP contribution in [-0.4, -0.2) is 83.3 Å². The van der Waals surface area contributed by atoms with Crippen LogP contribution >= 0.6 is 0 Å². The second-order valence-corrected chi connectivity index (χ2v) is 11.4. The van der Waals surface area contributed by atoms with E-state index < -0.39 is 0 Å². The van der Waals surface area contributed by atoms with Crippen LogP contribution in [0.1, 0.15) is 18.0 Å². The van der Waals surface area contributed by atoms with E-state index in [4.69, 9.17) is 9.57 Å². The van der Waals surface area contributed by atoms with E-state index in [1.807, 2.05) is 68.9 Å². The van der Waals surface area contributed by atoms with E-state index in [0.717, 1.165) is 47.5 Å². The summed E-state index contributed by atoms with van der Waals surface area (Å²) < 4.78 is 7.54. The molecular formula is C34H38N10O3. The number of rotatable bonds is 12. The molecule has 1 fully saturated rings. The summed E-state index contributed by atoms with van der Waals surface area (Å²) in [5.74, 6) is 1.41. The molecule has 242 valence electrons. The van der Waals surface area contributed by atoms with Gasteiger partial charge in [-0.1, -0.05) is 24.8 Å². The fraction of sp³-hybridized carbons (Fsp3) is 0.265. The van der Waals surface area contributed by atoms with Crippen molar-refractivity contribution in [1.29, 1.82) is 0 Å². The summed E-state index contributed by atoms with van der Waals surface area (Å²) in [6.07, 6.45) is 9.10. The Morgan fingerprint density at radius 2 is 1.96 bits per heavy atom. The number of hydrogen-bond donors (Lipinski definition) is 2. The monoisotopic (exact) mass is 634 g/mol. The summed E-state index contributed by atoms with van der Waals surface area (Å²) in [6.45, 7) is 5.73. The molecule has 1 amide bonds. The number of hydrogen-bond acceptors (Lipinski definition) is 11. The third-order valence-corrected chi connectivity index (χ3v) is 7.95. The van der Waals surface area contributed by atoms with Crippen molar-refractivity contribution in [2.75, 3.05) is 68.5 Å². The first-order chi connectivity index (χ1) is 22.8. The van der Waals surface area contributed by atoms with Gasteiger partial charge in [-0.3, -0.25) is 9.63 Å². The molecule has 0 aliphatic carbocycles. The Morgan fingerprint density at radius 3 is 2.77 bits per heavy atom. The van der Waals surface area contributed by atoms with Gasteiger partial charge in [0.1, 0.15) is 17.9 Å². The maximum Gasteiger partial charge on any atom is 0.247 e. The fourth-order valence-corrected chi connectivity index (χ4v) is 5.46. The molecule has 5 aromatic rings. The van der Waals surface area contributed by atoms with Gasteiger partial charge in [0.2, 0.25) is 5.91 Å². The van der Waals surface area contributed by atoms with E-state index >= 15 is 0 Å². The van der Waals surface area contributed by atoms with Crippen LogP contribution in [0.2, 0.25) is 0 Å². The molecule has 13 heteroatoms. The number of fused-ring (bicyclic) bond motifs is 1. The zero-order chi connectivity index (χ0) is 32.9. The molecule has 13 nitrogen and oxygen atoms in total. The van der Waals surface area contributed by atoms with Crippen LogP contribution in [-0.2, 0) is 9.63 Å². The Kier molecular flexibility index (Phi) is 9.27. The van der Waals surface area contributed by atoms with Gasteiger partial charge in [0.05, 0.1) is 43.0 Å². The van der Waals surface area contributed by atoms with Gasteiger partial charge in [-0.2, -0.15) is 5.10 Å². The summed E-state index contributed by atoms with van der Waals surface area (Å²) in [6, 6.07) is 15.7. The molecule has 0 saturated carbocycles. The summed E-state index contributed by atoms with van der Waals surface area (Å²) in [4.78, 5) is 36.2. The van der Waals surface area contributed by atoms with Crippen LogP contribution in [0.4, 0.5) is 28.7 Å². The molecule has 0 radical (unpaired) electrons. The van der Waals surface area contributed by atoms with E-state index in [2.05, 4.69) is 65.3 Å². The second kappa shape index (κ2) is 13.8. The first-order valence-corrected chi connectivity index (χ1v) is 15.2. The van der Waals surface area contributed by atoms with E-state index in [1.54, 1.807) is 17.8 Å². The lowest BCUT2D eigenvalue weighted by Crippen LogP contribution is -2.29. The smallest absolute Gasteiger partial charge is 0.247 e. The minimum atomic E-state index is -0.313. The quantitative estimate of drug-likeness (QED) is 0.181.